The summed E-state index contributed by atoms with van der Waals surface area (Å²) >= 11 is 0. The number of halogens is 3. The van der Waals surface area contributed by atoms with Crippen LogP contribution in [-0.4, -0.2) is 23.8 Å². The van der Waals surface area contributed by atoms with E-state index >= 15 is 0 Å². The zero-order chi connectivity index (χ0) is 15.7. The van der Waals surface area contributed by atoms with Crippen LogP contribution < -0.4 is 10.6 Å². The first-order chi connectivity index (χ1) is 9.73. The second-order valence-electron chi connectivity index (χ2n) is 5.89. The van der Waals surface area contributed by atoms with E-state index in [0.29, 0.717) is 37.9 Å². The molecule has 0 aliphatic carbocycles. The highest BCUT2D eigenvalue weighted by Crippen LogP contribution is 2.38. The first-order valence-electron chi connectivity index (χ1n) is 7.10. The van der Waals surface area contributed by atoms with Gasteiger partial charge in [0.1, 0.15) is 0 Å². The molecule has 1 unspecified atom stereocenters. The van der Waals surface area contributed by atoms with Gasteiger partial charge in [0.25, 0.3) is 0 Å². The number of rotatable bonds is 2. The van der Waals surface area contributed by atoms with Crippen LogP contribution in [0.2, 0.25) is 0 Å². The Morgan fingerprint density at radius 1 is 1.29 bits per heavy atom. The van der Waals surface area contributed by atoms with E-state index in [0.717, 1.165) is 6.07 Å². The van der Waals surface area contributed by atoms with Crippen molar-refractivity contribution >= 4 is 5.69 Å². The molecule has 0 amide bonds. The van der Waals surface area contributed by atoms with Gasteiger partial charge in [-0.15, -0.1) is 0 Å². The maximum absolute atomic E-state index is 13.3. The number of nitrogens with two attached hydrogens (primary N) is 1. The summed E-state index contributed by atoms with van der Waals surface area (Å²) < 4.78 is 39.8. The fraction of sp³-hybridized carbons (Fsp3) is 0.600. The largest absolute Gasteiger partial charge is 0.418 e. The first kappa shape index (κ1) is 16.1. The molecule has 21 heavy (non-hydrogen) atoms. The van der Waals surface area contributed by atoms with E-state index in [2.05, 4.69) is 0 Å². The van der Waals surface area contributed by atoms with Crippen LogP contribution in [-0.2, 0) is 12.7 Å². The Bertz CT molecular complexity index is 500. The maximum Gasteiger partial charge on any atom is 0.418 e. The molecule has 1 aliphatic rings. The van der Waals surface area contributed by atoms with E-state index in [-0.39, 0.29) is 12.2 Å². The van der Waals surface area contributed by atoms with Gasteiger partial charge in [-0.1, -0.05) is 6.07 Å². The summed E-state index contributed by atoms with van der Waals surface area (Å²) in [6, 6.07) is 4.25. The van der Waals surface area contributed by atoms with E-state index in [1.807, 2.05) is 0 Å². The van der Waals surface area contributed by atoms with E-state index in [1.165, 1.54) is 6.07 Å². The monoisotopic (exact) mass is 302 g/mol. The van der Waals surface area contributed by atoms with E-state index < -0.39 is 17.3 Å². The first-order valence-corrected chi connectivity index (χ1v) is 7.10. The Hall–Kier alpha value is -1.27. The molecular formula is C15H21F3N2O. The smallest absolute Gasteiger partial charge is 0.390 e. The fourth-order valence-corrected chi connectivity index (χ4v) is 2.72. The number of hydrogen-bond acceptors (Lipinski definition) is 3. The van der Waals surface area contributed by atoms with Gasteiger partial charge in [0.2, 0.25) is 0 Å². The van der Waals surface area contributed by atoms with Gasteiger partial charge in [-0.2, -0.15) is 13.2 Å². The molecule has 1 heterocycles. The quantitative estimate of drug-likeness (QED) is 0.883. The van der Waals surface area contributed by atoms with Crippen LogP contribution in [0.15, 0.2) is 18.2 Å². The Kier molecular flexibility index (Phi) is 4.49. The molecule has 1 fully saturated rings. The third kappa shape index (κ3) is 3.89. The summed E-state index contributed by atoms with van der Waals surface area (Å²) in [5, 5.41) is 10.1. The molecular weight excluding hydrogens is 281 g/mol. The lowest BCUT2D eigenvalue weighted by atomic mass is 9.98. The summed E-state index contributed by atoms with van der Waals surface area (Å²) in [5.74, 6) is 0. The van der Waals surface area contributed by atoms with Gasteiger partial charge < -0.3 is 15.7 Å². The van der Waals surface area contributed by atoms with E-state index in [1.54, 1.807) is 17.9 Å². The standard InChI is InChI=1S/C15H21F3N2O/c1-14(21)5-2-7-20(8-6-14)13-4-3-11(10-19)9-12(13)15(16,17)18/h3-4,9,21H,2,5-8,10,19H2,1H3. The van der Waals surface area contributed by atoms with Gasteiger partial charge >= 0.3 is 6.18 Å². The van der Waals surface area contributed by atoms with E-state index in [4.69, 9.17) is 5.73 Å². The van der Waals surface area contributed by atoms with Crippen molar-refractivity contribution in [2.75, 3.05) is 18.0 Å². The molecule has 2 rings (SSSR count). The minimum Gasteiger partial charge on any atom is -0.390 e. The van der Waals surface area contributed by atoms with Gasteiger partial charge in [-0.05, 0) is 43.9 Å². The van der Waals surface area contributed by atoms with Crippen LogP contribution in [0, 0.1) is 0 Å². The van der Waals surface area contributed by atoms with Crippen LogP contribution in [0.4, 0.5) is 18.9 Å². The summed E-state index contributed by atoms with van der Waals surface area (Å²) in [4.78, 5) is 1.71. The van der Waals surface area contributed by atoms with Crippen molar-refractivity contribution in [1.82, 2.24) is 0 Å². The van der Waals surface area contributed by atoms with Crippen LogP contribution in [0.5, 0.6) is 0 Å². The predicted octanol–water partition coefficient (Wildman–Crippen LogP) is 2.91. The van der Waals surface area contributed by atoms with Gasteiger partial charge in [0.15, 0.2) is 0 Å². The molecule has 1 aliphatic heterocycles. The molecule has 3 N–H and O–H groups in total. The predicted molar refractivity (Wildman–Crippen MR) is 76.0 cm³/mol. The summed E-state index contributed by atoms with van der Waals surface area (Å²) in [5.41, 5.74) is 4.63. The van der Waals surface area contributed by atoms with Crippen LogP contribution in [0.3, 0.4) is 0 Å². The molecule has 6 heteroatoms. The maximum atomic E-state index is 13.3. The molecule has 0 bridgehead atoms. The molecule has 0 aromatic heterocycles. The third-order valence-electron chi connectivity index (χ3n) is 4.01. The van der Waals surface area contributed by atoms with E-state index in [9.17, 15) is 18.3 Å². The van der Waals surface area contributed by atoms with Crippen molar-refractivity contribution in [3.05, 3.63) is 29.3 Å². The normalized spacial score (nSPS) is 24.0. The Balaban J connectivity index is 2.34. The average Bonchev–Trinajstić information content (AvgIpc) is 2.58. The third-order valence-corrected chi connectivity index (χ3v) is 4.01. The molecule has 0 radical (unpaired) electrons. The fourth-order valence-electron chi connectivity index (χ4n) is 2.72. The minimum atomic E-state index is -4.41. The number of anilines is 1. The summed E-state index contributed by atoms with van der Waals surface area (Å²) in [6.07, 6.45) is -2.67. The van der Waals surface area contributed by atoms with Gasteiger partial charge in [0, 0.05) is 25.3 Å². The number of hydrogen-bond donors (Lipinski definition) is 2. The molecule has 1 aromatic rings. The molecule has 0 saturated carbocycles. The molecule has 1 saturated heterocycles. The Labute approximate surface area is 122 Å². The highest BCUT2D eigenvalue weighted by atomic mass is 19.4. The summed E-state index contributed by atoms with van der Waals surface area (Å²) in [6.45, 7) is 2.75. The van der Waals surface area contributed by atoms with Gasteiger partial charge in [-0.3, -0.25) is 0 Å². The second-order valence-corrected chi connectivity index (χ2v) is 5.89. The van der Waals surface area contributed by atoms with Crippen LogP contribution in [0.1, 0.15) is 37.3 Å². The Morgan fingerprint density at radius 3 is 2.62 bits per heavy atom. The van der Waals surface area contributed by atoms with Gasteiger partial charge in [-0.25, -0.2) is 0 Å². The Morgan fingerprint density at radius 2 is 2.00 bits per heavy atom. The van der Waals surface area contributed by atoms with Crippen molar-refractivity contribution in [1.29, 1.82) is 0 Å². The molecule has 1 atom stereocenters. The number of nitrogens with zero attached hydrogens (tertiary/aromatic N) is 1. The number of benzene rings is 1. The highest BCUT2D eigenvalue weighted by molar-refractivity contribution is 5.56. The lowest BCUT2D eigenvalue weighted by Gasteiger charge is -2.27. The van der Waals surface area contributed by atoms with Crippen LogP contribution >= 0.6 is 0 Å². The minimum absolute atomic E-state index is 0.0814. The zero-order valence-corrected chi connectivity index (χ0v) is 12.1. The highest BCUT2D eigenvalue weighted by Gasteiger charge is 2.36. The average molecular weight is 302 g/mol. The SMILES string of the molecule is CC1(O)CCCN(c2ccc(CN)cc2C(F)(F)F)CC1. The molecule has 1 aromatic carbocycles. The molecule has 118 valence electrons. The van der Waals surface area contributed by atoms with Crippen molar-refractivity contribution in [2.45, 2.75) is 44.5 Å². The number of aliphatic hydroxyl groups is 1. The van der Waals surface area contributed by atoms with Crippen molar-refractivity contribution < 1.29 is 18.3 Å². The van der Waals surface area contributed by atoms with Crippen molar-refractivity contribution in [3.63, 3.8) is 0 Å². The topological polar surface area (TPSA) is 49.5 Å². The number of alkyl halides is 3. The van der Waals surface area contributed by atoms with Crippen LogP contribution in [0.25, 0.3) is 0 Å². The van der Waals surface area contributed by atoms with Crippen molar-refractivity contribution in [3.8, 4) is 0 Å². The lowest BCUT2D eigenvalue weighted by Crippen LogP contribution is -2.29. The molecule has 3 nitrogen and oxygen atoms in total. The lowest BCUT2D eigenvalue weighted by molar-refractivity contribution is -0.137. The zero-order valence-electron chi connectivity index (χ0n) is 12.1. The molecule has 0 spiro atoms. The van der Waals surface area contributed by atoms with Crippen molar-refractivity contribution in [2.24, 2.45) is 5.73 Å². The second kappa shape index (κ2) is 5.85. The van der Waals surface area contributed by atoms with Gasteiger partial charge in [0.05, 0.1) is 11.2 Å². The summed E-state index contributed by atoms with van der Waals surface area (Å²) in [7, 11) is 0.